The van der Waals surface area contributed by atoms with Crippen molar-refractivity contribution < 1.29 is 4.79 Å². The van der Waals surface area contributed by atoms with Crippen molar-refractivity contribution in [3.8, 4) is 0 Å². The molecule has 0 bridgehead atoms. The minimum absolute atomic E-state index is 0.180. The molecule has 27 heavy (non-hydrogen) atoms. The lowest BCUT2D eigenvalue weighted by atomic mass is 10.1. The van der Waals surface area contributed by atoms with E-state index in [1.165, 1.54) is 11.8 Å². The molecule has 0 saturated heterocycles. The van der Waals surface area contributed by atoms with Gasteiger partial charge in [0.25, 0.3) is 5.91 Å². The molecule has 4 rings (SSSR count). The monoisotopic (exact) mass is 371 g/mol. The highest BCUT2D eigenvalue weighted by Crippen LogP contribution is 2.29. The van der Waals surface area contributed by atoms with Crippen LogP contribution >= 0.6 is 11.8 Å². The molecule has 0 aliphatic carbocycles. The van der Waals surface area contributed by atoms with E-state index in [4.69, 9.17) is 0 Å². The minimum atomic E-state index is -0.180. The third-order valence-electron chi connectivity index (χ3n) is 4.06. The molecule has 1 N–H and O–H groups in total. The number of hydrogen-bond donors (Lipinski definition) is 1. The van der Waals surface area contributed by atoms with Crippen LogP contribution in [0.4, 0.5) is 5.69 Å². The van der Waals surface area contributed by atoms with E-state index in [0.29, 0.717) is 10.6 Å². The second kappa shape index (κ2) is 7.60. The van der Waals surface area contributed by atoms with E-state index in [-0.39, 0.29) is 5.91 Å². The van der Waals surface area contributed by atoms with Gasteiger partial charge in [0, 0.05) is 27.9 Å². The maximum Gasteiger partial charge on any atom is 0.258 e. The van der Waals surface area contributed by atoms with Gasteiger partial charge in [-0.3, -0.25) is 9.78 Å². The molecule has 0 aliphatic rings. The van der Waals surface area contributed by atoms with Crippen LogP contribution in [-0.2, 0) is 0 Å². The predicted molar refractivity (Wildman–Crippen MR) is 109 cm³/mol. The maximum atomic E-state index is 12.8. The highest BCUT2D eigenvalue weighted by Gasteiger charge is 2.14. The lowest BCUT2D eigenvalue weighted by molar-refractivity contribution is 0.102. The van der Waals surface area contributed by atoms with Crippen molar-refractivity contribution in [1.82, 2.24) is 9.97 Å². The van der Waals surface area contributed by atoms with E-state index in [2.05, 4.69) is 15.3 Å². The summed E-state index contributed by atoms with van der Waals surface area (Å²) in [5, 5.41) is 4.64. The number of rotatable bonds is 4. The van der Waals surface area contributed by atoms with Crippen LogP contribution in [0.25, 0.3) is 10.9 Å². The number of pyridine rings is 2. The number of nitrogens with one attached hydrogen (secondary N) is 1. The quantitative estimate of drug-likeness (QED) is 0.526. The van der Waals surface area contributed by atoms with Crippen LogP contribution in [0.5, 0.6) is 0 Å². The van der Waals surface area contributed by atoms with Gasteiger partial charge in [0.15, 0.2) is 0 Å². The fourth-order valence-corrected chi connectivity index (χ4v) is 3.65. The molecule has 4 aromatic rings. The normalized spacial score (nSPS) is 10.7. The third kappa shape index (κ3) is 3.99. The van der Waals surface area contributed by atoms with Crippen LogP contribution in [-0.4, -0.2) is 15.9 Å². The van der Waals surface area contributed by atoms with E-state index < -0.39 is 0 Å². The molecule has 2 aromatic heterocycles. The van der Waals surface area contributed by atoms with Gasteiger partial charge in [-0.25, -0.2) is 4.98 Å². The van der Waals surface area contributed by atoms with Crippen LogP contribution in [0.3, 0.4) is 0 Å². The van der Waals surface area contributed by atoms with Crippen molar-refractivity contribution in [2.75, 3.05) is 5.32 Å². The first-order valence-corrected chi connectivity index (χ1v) is 9.37. The van der Waals surface area contributed by atoms with Gasteiger partial charge in [-0.05, 0) is 55.5 Å². The van der Waals surface area contributed by atoms with Crippen molar-refractivity contribution in [3.05, 3.63) is 90.3 Å². The van der Waals surface area contributed by atoms with Gasteiger partial charge in [0.05, 0.1) is 11.1 Å². The Balaban J connectivity index is 1.59. The molecule has 0 spiro atoms. The Morgan fingerprint density at radius 2 is 1.81 bits per heavy atom. The Kier molecular flexibility index (Phi) is 4.85. The molecule has 2 heterocycles. The first kappa shape index (κ1) is 17.2. The van der Waals surface area contributed by atoms with E-state index in [0.717, 1.165) is 27.2 Å². The number of anilines is 1. The Hall–Kier alpha value is -3.18. The molecule has 1 amide bonds. The summed E-state index contributed by atoms with van der Waals surface area (Å²) >= 11 is 1.48. The second-order valence-corrected chi connectivity index (χ2v) is 7.15. The number of carbonyl (C=O) groups excluding carboxylic acids is 1. The summed E-state index contributed by atoms with van der Waals surface area (Å²) in [5.74, 6) is -0.180. The first-order valence-electron chi connectivity index (χ1n) is 8.56. The highest BCUT2D eigenvalue weighted by molar-refractivity contribution is 7.99. The minimum Gasteiger partial charge on any atom is -0.322 e. The summed E-state index contributed by atoms with van der Waals surface area (Å²) in [6.07, 6.45) is 1.70. The number of aromatic nitrogens is 2. The second-order valence-electron chi connectivity index (χ2n) is 6.09. The van der Waals surface area contributed by atoms with E-state index in [1.807, 2.05) is 67.6 Å². The van der Waals surface area contributed by atoms with Crippen molar-refractivity contribution in [3.63, 3.8) is 0 Å². The lowest BCUT2D eigenvalue weighted by Crippen LogP contribution is -2.13. The van der Waals surface area contributed by atoms with E-state index >= 15 is 0 Å². The van der Waals surface area contributed by atoms with Gasteiger partial charge < -0.3 is 5.32 Å². The fraction of sp³-hybridized carbons (Fsp3) is 0.0455. The zero-order chi connectivity index (χ0) is 18.6. The van der Waals surface area contributed by atoms with Crippen molar-refractivity contribution in [2.45, 2.75) is 16.8 Å². The number of fused-ring (bicyclic) bond motifs is 1. The highest BCUT2D eigenvalue weighted by atomic mass is 32.2. The number of carbonyl (C=O) groups is 1. The summed E-state index contributed by atoms with van der Waals surface area (Å²) < 4.78 is 0. The average molecular weight is 371 g/mol. The molecule has 0 unspecified atom stereocenters. The topological polar surface area (TPSA) is 54.9 Å². The Labute approximate surface area is 161 Å². The van der Waals surface area contributed by atoms with Crippen LogP contribution < -0.4 is 5.32 Å². The molecule has 0 aliphatic heterocycles. The van der Waals surface area contributed by atoms with Gasteiger partial charge in [-0.15, -0.1) is 0 Å². The largest absolute Gasteiger partial charge is 0.322 e. The molecule has 5 heteroatoms. The lowest BCUT2D eigenvalue weighted by Gasteiger charge is -2.10. The SMILES string of the molecule is Cc1ccc2cc(NC(=O)c3cccnc3Sc3ccccc3)ccc2n1. The summed E-state index contributed by atoms with van der Waals surface area (Å²) in [4.78, 5) is 22.8. The smallest absolute Gasteiger partial charge is 0.258 e. The number of amides is 1. The van der Waals surface area contributed by atoms with Gasteiger partial charge >= 0.3 is 0 Å². The standard InChI is InChI=1S/C22H17N3OS/c1-15-9-10-16-14-17(11-12-20(16)24-15)25-21(26)19-8-5-13-23-22(19)27-18-6-3-2-4-7-18/h2-14H,1H3,(H,25,26). The van der Waals surface area contributed by atoms with Crippen LogP contribution in [0.2, 0.25) is 0 Å². The van der Waals surface area contributed by atoms with Gasteiger partial charge in [-0.1, -0.05) is 36.0 Å². The van der Waals surface area contributed by atoms with Gasteiger partial charge in [-0.2, -0.15) is 0 Å². The third-order valence-corrected chi connectivity index (χ3v) is 5.09. The number of aryl methyl sites for hydroxylation is 1. The molecule has 0 atom stereocenters. The molecular weight excluding hydrogens is 354 g/mol. The summed E-state index contributed by atoms with van der Waals surface area (Å²) in [7, 11) is 0. The molecular formula is C22H17N3OS. The number of hydrogen-bond acceptors (Lipinski definition) is 4. The van der Waals surface area contributed by atoms with Crippen LogP contribution in [0, 0.1) is 6.92 Å². The number of nitrogens with zero attached hydrogens (tertiary/aromatic N) is 2. The van der Waals surface area contributed by atoms with Crippen LogP contribution in [0.15, 0.2) is 88.9 Å². The zero-order valence-electron chi connectivity index (χ0n) is 14.7. The molecule has 0 saturated carbocycles. The van der Waals surface area contributed by atoms with E-state index in [1.54, 1.807) is 18.3 Å². The first-order chi connectivity index (χ1) is 13.2. The maximum absolute atomic E-state index is 12.8. The number of benzene rings is 2. The Bertz CT molecular complexity index is 1110. The summed E-state index contributed by atoms with van der Waals surface area (Å²) in [5.41, 5.74) is 3.16. The van der Waals surface area contributed by atoms with Crippen molar-refractivity contribution in [1.29, 1.82) is 0 Å². The molecule has 4 nitrogen and oxygen atoms in total. The molecule has 2 aromatic carbocycles. The zero-order valence-corrected chi connectivity index (χ0v) is 15.5. The van der Waals surface area contributed by atoms with Gasteiger partial charge in [0.2, 0.25) is 0 Å². The summed E-state index contributed by atoms with van der Waals surface area (Å²) in [6.45, 7) is 1.96. The van der Waals surface area contributed by atoms with Gasteiger partial charge in [0.1, 0.15) is 5.03 Å². The van der Waals surface area contributed by atoms with Crippen molar-refractivity contribution >= 4 is 34.3 Å². The molecule has 132 valence electrons. The average Bonchev–Trinajstić information content (AvgIpc) is 2.69. The summed E-state index contributed by atoms with van der Waals surface area (Å²) in [6, 6.07) is 23.2. The molecule has 0 fully saturated rings. The predicted octanol–water partition coefficient (Wildman–Crippen LogP) is 5.34. The van der Waals surface area contributed by atoms with E-state index in [9.17, 15) is 4.79 Å². The Morgan fingerprint density at radius 3 is 2.67 bits per heavy atom. The fourth-order valence-electron chi connectivity index (χ4n) is 2.75. The van der Waals surface area contributed by atoms with Crippen molar-refractivity contribution in [2.24, 2.45) is 0 Å². The molecule has 0 radical (unpaired) electrons. The Morgan fingerprint density at radius 1 is 0.963 bits per heavy atom. The van der Waals surface area contributed by atoms with Crippen LogP contribution in [0.1, 0.15) is 16.1 Å².